The first kappa shape index (κ1) is 19.8. The maximum atomic E-state index is 13.2. The van der Waals surface area contributed by atoms with E-state index in [0.717, 1.165) is 17.2 Å². The molecular weight excluding hydrogens is 347 g/mol. The number of esters is 1. The first-order chi connectivity index (χ1) is 12.2. The lowest BCUT2D eigenvalue weighted by atomic mass is 10.0. The minimum atomic E-state index is -4.53. The summed E-state index contributed by atoms with van der Waals surface area (Å²) >= 11 is 0. The predicted octanol–water partition coefficient (Wildman–Crippen LogP) is 4.37. The summed E-state index contributed by atoms with van der Waals surface area (Å²) in [6, 6.07) is 8.54. The number of halogens is 3. The molecule has 0 radical (unpaired) electrons. The Hall–Kier alpha value is -2.54. The Morgan fingerprint density at radius 3 is 2.46 bits per heavy atom. The van der Waals surface area contributed by atoms with Crippen molar-refractivity contribution < 1.29 is 27.4 Å². The lowest BCUT2D eigenvalue weighted by Crippen LogP contribution is -2.08. The van der Waals surface area contributed by atoms with Crippen LogP contribution in [-0.2, 0) is 28.7 Å². The molecule has 0 aliphatic rings. The molecule has 2 rings (SSSR count). The molecule has 2 aromatic carbocycles. The fraction of sp³-hybridized carbons (Fsp3) is 0.316. The lowest BCUT2D eigenvalue weighted by molar-refractivity contribution is -0.140. The second-order valence-corrected chi connectivity index (χ2v) is 5.80. The number of hydrogen-bond acceptors (Lipinski definition) is 4. The van der Waals surface area contributed by atoms with Gasteiger partial charge >= 0.3 is 12.1 Å². The Kier molecular flexibility index (Phi) is 6.26. The Labute approximate surface area is 149 Å². The van der Waals surface area contributed by atoms with E-state index in [2.05, 4.69) is 4.74 Å². The van der Waals surface area contributed by atoms with Crippen LogP contribution in [0.2, 0.25) is 0 Å². The van der Waals surface area contributed by atoms with Gasteiger partial charge in [0.2, 0.25) is 0 Å². The van der Waals surface area contributed by atoms with Gasteiger partial charge in [-0.25, -0.2) is 0 Å². The van der Waals surface area contributed by atoms with Crippen molar-refractivity contribution >= 4 is 5.97 Å². The smallest absolute Gasteiger partial charge is 0.419 e. The van der Waals surface area contributed by atoms with Crippen LogP contribution in [0.1, 0.15) is 28.7 Å². The van der Waals surface area contributed by atoms with Gasteiger partial charge in [0.15, 0.2) is 0 Å². The highest BCUT2D eigenvalue weighted by molar-refractivity contribution is 5.69. The zero-order valence-electron chi connectivity index (χ0n) is 14.5. The molecule has 140 valence electrons. The van der Waals surface area contributed by atoms with Crippen LogP contribution in [0.15, 0.2) is 36.4 Å². The second-order valence-electron chi connectivity index (χ2n) is 5.80. The first-order valence-corrected chi connectivity index (χ1v) is 7.99. The SMILES string of the molecule is COC(=O)CCc1ccc(Oc2cc(CN)ccc2C(F)(F)F)cc1C. The summed E-state index contributed by atoms with van der Waals surface area (Å²) in [5, 5.41) is 0. The molecule has 2 N–H and O–H groups in total. The van der Waals surface area contributed by atoms with E-state index in [1.807, 2.05) is 0 Å². The number of nitrogens with two attached hydrogens (primary N) is 1. The van der Waals surface area contributed by atoms with Crippen molar-refractivity contribution in [3.63, 3.8) is 0 Å². The van der Waals surface area contributed by atoms with Gasteiger partial charge in [0.1, 0.15) is 11.5 Å². The van der Waals surface area contributed by atoms with E-state index in [4.69, 9.17) is 10.5 Å². The van der Waals surface area contributed by atoms with Gasteiger partial charge in [-0.15, -0.1) is 0 Å². The maximum absolute atomic E-state index is 13.2. The van der Waals surface area contributed by atoms with Crippen LogP contribution in [0.4, 0.5) is 13.2 Å². The molecule has 0 heterocycles. The summed E-state index contributed by atoms with van der Waals surface area (Å²) in [4.78, 5) is 11.2. The van der Waals surface area contributed by atoms with Gasteiger partial charge in [-0.05, 0) is 54.3 Å². The number of benzene rings is 2. The van der Waals surface area contributed by atoms with Crippen molar-refractivity contribution in [3.05, 3.63) is 58.7 Å². The molecule has 0 bridgehead atoms. The summed E-state index contributed by atoms with van der Waals surface area (Å²) in [5.41, 5.74) is 6.90. The van der Waals surface area contributed by atoms with Crippen molar-refractivity contribution in [2.24, 2.45) is 5.73 Å². The number of aryl methyl sites for hydroxylation is 2. The maximum Gasteiger partial charge on any atom is 0.419 e. The fourth-order valence-electron chi connectivity index (χ4n) is 2.49. The van der Waals surface area contributed by atoms with Crippen LogP contribution in [-0.4, -0.2) is 13.1 Å². The average Bonchev–Trinajstić information content (AvgIpc) is 2.59. The summed E-state index contributed by atoms with van der Waals surface area (Å²) in [6.07, 6.45) is -3.82. The van der Waals surface area contributed by atoms with E-state index in [0.29, 0.717) is 12.0 Å². The van der Waals surface area contributed by atoms with E-state index in [1.165, 1.54) is 19.2 Å². The molecule has 0 spiro atoms. The summed E-state index contributed by atoms with van der Waals surface area (Å²) in [6.45, 7) is 1.92. The van der Waals surface area contributed by atoms with Crippen molar-refractivity contribution in [2.75, 3.05) is 7.11 Å². The van der Waals surface area contributed by atoms with Crippen LogP contribution >= 0.6 is 0 Å². The highest BCUT2D eigenvalue weighted by Crippen LogP contribution is 2.39. The van der Waals surface area contributed by atoms with Crippen molar-refractivity contribution in [3.8, 4) is 11.5 Å². The first-order valence-electron chi connectivity index (χ1n) is 7.99. The number of carbonyl (C=O) groups excluding carboxylic acids is 1. The molecule has 0 saturated heterocycles. The topological polar surface area (TPSA) is 61.5 Å². The lowest BCUT2D eigenvalue weighted by Gasteiger charge is -2.16. The Morgan fingerprint density at radius 2 is 1.88 bits per heavy atom. The molecule has 0 atom stereocenters. The Morgan fingerprint density at radius 1 is 1.15 bits per heavy atom. The quantitative estimate of drug-likeness (QED) is 0.770. The van der Waals surface area contributed by atoms with Gasteiger partial charge < -0.3 is 15.2 Å². The normalized spacial score (nSPS) is 11.3. The van der Waals surface area contributed by atoms with Crippen LogP contribution in [0.25, 0.3) is 0 Å². The fourth-order valence-corrected chi connectivity index (χ4v) is 2.49. The molecule has 2 aromatic rings. The molecule has 0 aromatic heterocycles. The summed E-state index contributed by atoms with van der Waals surface area (Å²) in [7, 11) is 1.32. The molecule has 0 aliphatic carbocycles. The predicted molar refractivity (Wildman–Crippen MR) is 90.9 cm³/mol. The number of carbonyl (C=O) groups is 1. The van der Waals surface area contributed by atoms with Crippen LogP contribution in [0.5, 0.6) is 11.5 Å². The zero-order chi connectivity index (χ0) is 19.3. The number of rotatable bonds is 6. The van der Waals surface area contributed by atoms with Crippen molar-refractivity contribution in [2.45, 2.75) is 32.5 Å². The van der Waals surface area contributed by atoms with Crippen LogP contribution < -0.4 is 10.5 Å². The monoisotopic (exact) mass is 367 g/mol. The molecule has 4 nitrogen and oxygen atoms in total. The Balaban J connectivity index is 2.25. The minimum Gasteiger partial charge on any atom is -0.469 e. The molecule has 0 unspecified atom stereocenters. The molecule has 0 saturated carbocycles. The number of alkyl halides is 3. The summed E-state index contributed by atoms with van der Waals surface area (Å²) in [5.74, 6) is -0.329. The number of hydrogen-bond donors (Lipinski definition) is 1. The minimum absolute atomic E-state index is 0.111. The van der Waals surface area contributed by atoms with Crippen molar-refractivity contribution in [1.82, 2.24) is 0 Å². The van der Waals surface area contributed by atoms with Gasteiger partial charge in [-0.2, -0.15) is 13.2 Å². The van der Waals surface area contributed by atoms with E-state index in [-0.39, 0.29) is 30.4 Å². The van der Waals surface area contributed by atoms with Crippen molar-refractivity contribution in [1.29, 1.82) is 0 Å². The zero-order valence-corrected chi connectivity index (χ0v) is 14.5. The van der Waals surface area contributed by atoms with E-state index in [1.54, 1.807) is 25.1 Å². The van der Waals surface area contributed by atoms with Gasteiger partial charge in [0.25, 0.3) is 0 Å². The van der Waals surface area contributed by atoms with Gasteiger partial charge in [-0.3, -0.25) is 4.79 Å². The van der Waals surface area contributed by atoms with Gasteiger partial charge in [0, 0.05) is 13.0 Å². The standard InChI is InChI=1S/C19H20F3NO3/c1-12-9-15(6-4-14(12)5-8-18(24)25-2)26-17-10-13(11-23)3-7-16(17)19(20,21)22/h3-4,6-7,9-10H,5,8,11,23H2,1-2H3. The molecule has 0 fully saturated rings. The second kappa shape index (κ2) is 8.23. The average molecular weight is 367 g/mol. The van der Waals surface area contributed by atoms with E-state index < -0.39 is 11.7 Å². The third-order valence-corrected chi connectivity index (χ3v) is 3.96. The third kappa shape index (κ3) is 4.98. The molecule has 7 heteroatoms. The third-order valence-electron chi connectivity index (χ3n) is 3.96. The molecule has 0 aliphatic heterocycles. The van der Waals surface area contributed by atoms with E-state index in [9.17, 15) is 18.0 Å². The van der Waals surface area contributed by atoms with Gasteiger partial charge in [-0.1, -0.05) is 12.1 Å². The number of methoxy groups -OCH3 is 1. The number of ether oxygens (including phenoxy) is 2. The largest absolute Gasteiger partial charge is 0.469 e. The van der Waals surface area contributed by atoms with Crippen LogP contribution in [0, 0.1) is 6.92 Å². The highest BCUT2D eigenvalue weighted by atomic mass is 19.4. The van der Waals surface area contributed by atoms with Crippen LogP contribution in [0.3, 0.4) is 0 Å². The molecular formula is C19H20F3NO3. The Bertz CT molecular complexity index is 788. The van der Waals surface area contributed by atoms with E-state index >= 15 is 0 Å². The highest BCUT2D eigenvalue weighted by Gasteiger charge is 2.34. The van der Waals surface area contributed by atoms with Gasteiger partial charge in [0.05, 0.1) is 12.7 Å². The summed E-state index contributed by atoms with van der Waals surface area (Å²) < 4.78 is 49.6. The molecule has 0 amide bonds. The molecule has 26 heavy (non-hydrogen) atoms.